The number of oxazole rings is 1. The van der Waals surface area contributed by atoms with Crippen molar-refractivity contribution in [1.82, 2.24) is 4.98 Å². The molecule has 1 heterocycles. The van der Waals surface area contributed by atoms with Crippen LogP contribution < -0.4 is 10.1 Å². The maximum Gasteiger partial charge on any atom is 0.262 e. The summed E-state index contributed by atoms with van der Waals surface area (Å²) >= 11 is 0. The van der Waals surface area contributed by atoms with Crippen molar-refractivity contribution in [3.63, 3.8) is 0 Å². The van der Waals surface area contributed by atoms with E-state index in [1.807, 2.05) is 12.1 Å². The quantitative estimate of drug-likeness (QED) is 0.359. The molecule has 0 radical (unpaired) electrons. The first-order valence-electron chi connectivity index (χ1n) is 11.3. The fourth-order valence-corrected chi connectivity index (χ4v) is 4.37. The third-order valence-electron chi connectivity index (χ3n) is 6.10. The van der Waals surface area contributed by atoms with Crippen molar-refractivity contribution in [3.8, 4) is 17.2 Å². The van der Waals surface area contributed by atoms with Gasteiger partial charge >= 0.3 is 0 Å². The van der Waals surface area contributed by atoms with Crippen LogP contribution in [0.5, 0.6) is 5.75 Å². The molecule has 0 atom stereocenters. The second-order valence-electron chi connectivity index (χ2n) is 8.42. The van der Waals surface area contributed by atoms with Crippen LogP contribution in [0.2, 0.25) is 0 Å². The summed E-state index contributed by atoms with van der Waals surface area (Å²) in [4.78, 5) is 16.7. The van der Waals surface area contributed by atoms with Crippen molar-refractivity contribution in [1.29, 1.82) is 0 Å². The van der Waals surface area contributed by atoms with E-state index in [0.717, 1.165) is 0 Å². The fourth-order valence-electron chi connectivity index (χ4n) is 4.37. The monoisotopic (exact) mass is 444 g/mol. The van der Waals surface area contributed by atoms with Gasteiger partial charge in [0, 0.05) is 5.69 Å². The van der Waals surface area contributed by atoms with E-state index in [9.17, 15) is 9.18 Å². The second-order valence-corrected chi connectivity index (χ2v) is 8.42. The minimum Gasteiger partial charge on any atom is -0.484 e. The van der Waals surface area contributed by atoms with Crippen molar-refractivity contribution in [2.45, 2.75) is 38.0 Å². The SMILES string of the molecule is O=C(COc1ccc(C2CCCCC2)cc1)Nc1ccc2oc(-c3ccccc3F)nc2c1. The Labute approximate surface area is 191 Å². The van der Waals surface area contributed by atoms with Crippen LogP contribution in [0.4, 0.5) is 10.1 Å². The van der Waals surface area contributed by atoms with Crippen LogP contribution in [0.15, 0.2) is 71.1 Å². The second kappa shape index (κ2) is 9.45. The van der Waals surface area contributed by atoms with E-state index in [4.69, 9.17) is 9.15 Å². The van der Waals surface area contributed by atoms with Crippen LogP contribution >= 0.6 is 0 Å². The molecule has 4 aromatic rings. The molecule has 0 aliphatic heterocycles. The normalized spacial score (nSPS) is 14.3. The lowest BCUT2D eigenvalue weighted by atomic mass is 9.84. The van der Waals surface area contributed by atoms with E-state index in [0.29, 0.717) is 34.0 Å². The molecule has 0 spiro atoms. The number of aromatic nitrogens is 1. The topological polar surface area (TPSA) is 64.4 Å². The van der Waals surface area contributed by atoms with Gasteiger partial charge in [-0.05, 0) is 66.8 Å². The number of rotatable bonds is 6. The highest BCUT2D eigenvalue weighted by Gasteiger charge is 2.16. The molecule has 1 saturated carbocycles. The molecular weight excluding hydrogens is 419 g/mol. The predicted octanol–water partition coefficient (Wildman–Crippen LogP) is 6.70. The average Bonchev–Trinajstić information content (AvgIpc) is 3.27. The molecule has 1 N–H and O–H groups in total. The number of carbonyl (C=O) groups is 1. The van der Waals surface area contributed by atoms with E-state index in [1.165, 1.54) is 43.7 Å². The van der Waals surface area contributed by atoms with E-state index < -0.39 is 5.82 Å². The molecule has 1 aliphatic carbocycles. The van der Waals surface area contributed by atoms with Gasteiger partial charge < -0.3 is 14.5 Å². The van der Waals surface area contributed by atoms with Gasteiger partial charge in [-0.1, -0.05) is 43.5 Å². The summed E-state index contributed by atoms with van der Waals surface area (Å²) in [6, 6.07) is 19.5. The zero-order chi connectivity index (χ0) is 22.6. The number of halogens is 1. The van der Waals surface area contributed by atoms with Gasteiger partial charge in [0.1, 0.15) is 17.1 Å². The van der Waals surface area contributed by atoms with Crippen LogP contribution in [0.3, 0.4) is 0 Å². The number of amides is 1. The van der Waals surface area contributed by atoms with Crippen LogP contribution in [0.25, 0.3) is 22.6 Å². The molecule has 0 bridgehead atoms. The molecule has 5 nitrogen and oxygen atoms in total. The van der Waals surface area contributed by atoms with Crippen LogP contribution in [-0.4, -0.2) is 17.5 Å². The Morgan fingerprint density at radius 3 is 2.61 bits per heavy atom. The van der Waals surface area contributed by atoms with Crippen LogP contribution in [0, 0.1) is 5.82 Å². The first-order chi connectivity index (χ1) is 16.2. The molecule has 5 rings (SSSR count). The van der Waals surface area contributed by atoms with E-state index in [1.54, 1.807) is 36.4 Å². The molecule has 33 heavy (non-hydrogen) atoms. The highest BCUT2D eigenvalue weighted by molar-refractivity contribution is 5.94. The third kappa shape index (κ3) is 4.90. The zero-order valence-corrected chi connectivity index (χ0v) is 18.2. The molecular formula is C27H25FN2O3. The van der Waals surface area contributed by atoms with Gasteiger partial charge in [-0.15, -0.1) is 0 Å². The van der Waals surface area contributed by atoms with Gasteiger partial charge in [0.25, 0.3) is 5.91 Å². The maximum atomic E-state index is 14.0. The van der Waals surface area contributed by atoms with Crippen LogP contribution in [-0.2, 0) is 4.79 Å². The molecule has 0 saturated heterocycles. The summed E-state index contributed by atoms with van der Waals surface area (Å²) in [6.45, 7) is -0.0971. The van der Waals surface area contributed by atoms with Crippen molar-refractivity contribution < 1.29 is 18.3 Å². The Hall–Kier alpha value is -3.67. The summed E-state index contributed by atoms with van der Waals surface area (Å²) in [5.74, 6) is 0.837. The summed E-state index contributed by atoms with van der Waals surface area (Å²) in [7, 11) is 0. The standard InChI is InChI=1S/C27H25FN2O3/c28-23-9-5-4-8-22(23)27-30-24-16-20(12-15-25(24)33-27)29-26(31)17-32-21-13-10-19(11-14-21)18-6-2-1-3-7-18/h4-5,8-16,18H,1-3,6-7,17H2,(H,29,31). The van der Waals surface area contributed by atoms with E-state index >= 15 is 0 Å². The third-order valence-corrected chi connectivity index (χ3v) is 6.10. The lowest BCUT2D eigenvalue weighted by molar-refractivity contribution is -0.118. The van der Waals surface area contributed by atoms with Gasteiger partial charge in [-0.3, -0.25) is 4.79 Å². The highest BCUT2D eigenvalue weighted by Crippen LogP contribution is 2.33. The molecule has 1 aromatic heterocycles. The molecule has 0 unspecified atom stereocenters. The average molecular weight is 445 g/mol. The lowest BCUT2D eigenvalue weighted by Crippen LogP contribution is -2.20. The summed E-state index contributed by atoms with van der Waals surface area (Å²) in [5, 5.41) is 2.81. The Morgan fingerprint density at radius 2 is 1.82 bits per heavy atom. The van der Waals surface area contributed by atoms with Gasteiger partial charge in [0.2, 0.25) is 5.89 Å². The number of hydrogen-bond donors (Lipinski definition) is 1. The minimum atomic E-state index is -0.401. The molecule has 168 valence electrons. The molecule has 1 amide bonds. The van der Waals surface area contributed by atoms with Gasteiger partial charge in [0.15, 0.2) is 12.2 Å². The molecule has 1 fully saturated rings. The van der Waals surface area contributed by atoms with Gasteiger partial charge in [0.05, 0.1) is 5.56 Å². The number of fused-ring (bicyclic) bond motifs is 1. The Balaban J connectivity index is 1.20. The summed E-state index contributed by atoms with van der Waals surface area (Å²) in [6.07, 6.45) is 6.44. The largest absolute Gasteiger partial charge is 0.484 e. The first-order valence-corrected chi connectivity index (χ1v) is 11.3. The zero-order valence-electron chi connectivity index (χ0n) is 18.2. The lowest BCUT2D eigenvalue weighted by Gasteiger charge is -2.22. The minimum absolute atomic E-state index is 0.0971. The molecule has 1 aliphatic rings. The van der Waals surface area contributed by atoms with Crippen molar-refractivity contribution in [2.24, 2.45) is 0 Å². The van der Waals surface area contributed by atoms with E-state index in [2.05, 4.69) is 22.4 Å². The maximum absolute atomic E-state index is 14.0. The molecule has 3 aromatic carbocycles. The fraction of sp³-hybridized carbons (Fsp3) is 0.259. The number of anilines is 1. The first kappa shape index (κ1) is 21.2. The number of hydrogen-bond acceptors (Lipinski definition) is 4. The highest BCUT2D eigenvalue weighted by atomic mass is 19.1. The number of carbonyl (C=O) groups excluding carboxylic acids is 1. The van der Waals surface area contributed by atoms with Crippen molar-refractivity contribution in [3.05, 3.63) is 78.1 Å². The predicted molar refractivity (Wildman–Crippen MR) is 126 cm³/mol. The van der Waals surface area contributed by atoms with E-state index in [-0.39, 0.29) is 18.4 Å². The van der Waals surface area contributed by atoms with Crippen LogP contribution in [0.1, 0.15) is 43.6 Å². The number of nitrogens with one attached hydrogen (secondary N) is 1. The Morgan fingerprint density at radius 1 is 1.03 bits per heavy atom. The summed E-state index contributed by atoms with van der Waals surface area (Å²) in [5.41, 5.74) is 3.26. The smallest absolute Gasteiger partial charge is 0.262 e. The Kier molecular flexibility index (Phi) is 6.07. The number of nitrogens with zero attached hydrogens (tertiary/aromatic N) is 1. The summed E-state index contributed by atoms with van der Waals surface area (Å²) < 4.78 is 25.3. The van der Waals surface area contributed by atoms with Gasteiger partial charge in [-0.25, -0.2) is 9.37 Å². The Bertz CT molecular complexity index is 1260. The van der Waals surface area contributed by atoms with Gasteiger partial charge in [-0.2, -0.15) is 0 Å². The van der Waals surface area contributed by atoms with Crippen molar-refractivity contribution >= 4 is 22.7 Å². The molecule has 6 heteroatoms. The number of benzene rings is 3. The number of ether oxygens (including phenoxy) is 1. The van der Waals surface area contributed by atoms with Crippen molar-refractivity contribution in [2.75, 3.05) is 11.9 Å².